The molecule has 0 spiro atoms. The zero-order chi connectivity index (χ0) is 17.7. The van der Waals surface area contributed by atoms with Crippen molar-refractivity contribution < 1.29 is 17.9 Å². The Balaban J connectivity index is 2.36. The lowest BCUT2D eigenvalue weighted by Crippen LogP contribution is -2.36. The van der Waals surface area contributed by atoms with Gasteiger partial charge in [0.1, 0.15) is 15.8 Å². The van der Waals surface area contributed by atoms with E-state index in [2.05, 4.69) is 4.98 Å². The van der Waals surface area contributed by atoms with Gasteiger partial charge in [0, 0.05) is 6.20 Å². The maximum atomic E-state index is 12.9. The van der Waals surface area contributed by atoms with E-state index in [0.717, 1.165) is 15.6 Å². The molecule has 0 bridgehead atoms. The minimum absolute atomic E-state index is 0.0369. The van der Waals surface area contributed by atoms with Crippen LogP contribution in [-0.2, 0) is 26.1 Å². The second-order valence-corrected chi connectivity index (χ2v) is 8.78. The van der Waals surface area contributed by atoms with Gasteiger partial charge in [-0.05, 0) is 25.1 Å². The van der Waals surface area contributed by atoms with E-state index in [1.54, 1.807) is 31.3 Å². The van der Waals surface area contributed by atoms with Crippen molar-refractivity contribution in [2.24, 2.45) is 0 Å². The zero-order valence-electron chi connectivity index (χ0n) is 12.6. The van der Waals surface area contributed by atoms with E-state index in [4.69, 9.17) is 27.9 Å². The molecule has 0 aliphatic heterocycles. The highest BCUT2D eigenvalue weighted by Crippen LogP contribution is 2.36. The van der Waals surface area contributed by atoms with Gasteiger partial charge in [0.25, 0.3) is 0 Å². The van der Waals surface area contributed by atoms with Crippen LogP contribution in [0.4, 0.5) is 0 Å². The molecule has 0 unspecified atom stereocenters. The molecular weight excluding hydrogens is 395 g/mol. The first-order chi connectivity index (χ1) is 11.3. The number of rotatable bonds is 7. The monoisotopic (exact) mass is 408 g/mol. The molecule has 0 aliphatic carbocycles. The molecule has 0 radical (unpaired) electrons. The molecule has 0 atom stereocenters. The third kappa shape index (κ3) is 4.67. The largest absolute Gasteiger partial charge is 0.465 e. The van der Waals surface area contributed by atoms with E-state index in [0.29, 0.717) is 5.69 Å². The van der Waals surface area contributed by atoms with E-state index in [9.17, 15) is 13.2 Å². The fraction of sp³-hybridized carbons (Fsp3) is 0.286. The third-order valence-electron chi connectivity index (χ3n) is 2.92. The normalized spacial score (nSPS) is 11.7. The van der Waals surface area contributed by atoms with Gasteiger partial charge < -0.3 is 4.74 Å². The summed E-state index contributed by atoms with van der Waals surface area (Å²) >= 11 is 12.8. The van der Waals surface area contributed by atoms with Crippen molar-refractivity contribution in [3.05, 3.63) is 44.8 Å². The van der Waals surface area contributed by atoms with Crippen molar-refractivity contribution in [3.63, 3.8) is 0 Å². The quantitative estimate of drug-likeness (QED) is 0.657. The molecule has 24 heavy (non-hydrogen) atoms. The number of esters is 1. The van der Waals surface area contributed by atoms with Crippen LogP contribution in [0.1, 0.15) is 12.6 Å². The predicted octanol–water partition coefficient (Wildman–Crippen LogP) is 3.20. The molecule has 6 nitrogen and oxygen atoms in total. The lowest BCUT2D eigenvalue weighted by molar-refractivity contribution is -0.143. The summed E-state index contributed by atoms with van der Waals surface area (Å²) in [4.78, 5) is 15.8. The van der Waals surface area contributed by atoms with Crippen LogP contribution in [0.25, 0.3) is 0 Å². The molecule has 2 rings (SSSR count). The van der Waals surface area contributed by atoms with Crippen LogP contribution < -0.4 is 0 Å². The Morgan fingerprint density at radius 3 is 2.67 bits per heavy atom. The van der Waals surface area contributed by atoms with Crippen molar-refractivity contribution in [2.75, 3.05) is 13.2 Å². The first kappa shape index (κ1) is 19.1. The minimum Gasteiger partial charge on any atom is -0.465 e. The number of aromatic nitrogens is 1. The van der Waals surface area contributed by atoms with Gasteiger partial charge in [-0.1, -0.05) is 29.3 Å². The zero-order valence-corrected chi connectivity index (χ0v) is 15.8. The molecule has 0 fully saturated rings. The molecule has 10 heteroatoms. The number of sulfonamides is 1. The highest BCUT2D eigenvalue weighted by Gasteiger charge is 2.31. The molecule has 2 aromatic rings. The summed E-state index contributed by atoms with van der Waals surface area (Å²) in [5.74, 6) is -0.658. The number of pyridine rings is 1. The van der Waals surface area contributed by atoms with Gasteiger partial charge in [0.05, 0.1) is 23.2 Å². The number of carbonyl (C=O) groups is 1. The molecule has 0 aromatic carbocycles. The van der Waals surface area contributed by atoms with Crippen molar-refractivity contribution >= 4 is 50.5 Å². The summed E-state index contributed by atoms with van der Waals surface area (Å²) in [5.41, 5.74) is 0.489. The third-order valence-corrected chi connectivity index (χ3v) is 6.46. The van der Waals surface area contributed by atoms with Gasteiger partial charge in [-0.25, -0.2) is 8.42 Å². The number of halogens is 2. The Morgan fingerprint density at radius 1 is 1.38 bits per heavy atom. The molecule has 2 heterocycles. The van der Waals surface area contributed by atoms with Crippen LogP contribution in [0.5, 0.6) is 0 Å². The first-order valence-electron chi connectivity index (χ1n) is 6.85. The number of thiophene rings is 1. The summed E-state index contributed by atoms with van der Waals surface area (Å²) in [7, 11) is -4.04. The van der Waals surface area contributed by atoms with Crippen molar-refractivity contribution in [2.45, 2.75) is 18.4 Å². The van der Waals surface area contributed by atoms with E-state index in [1.165, 1.54) is 6.07 Å². The lowest BCUT2D eigenvalue weighted by atomic mass is 10.3. The fourth-order valence-electron chi connectivity index (χ4n) is 1.89. The van der Waals surface area contributed by atoms with Crippen molar-refractivity contribution in [1.82, 2.24) is 9.29 Å². The second kappa shape index (κ2) is 8.26. The summed E-state index contributed by atoms with van der Waals surface area (Å²) < 4.78 is 31.8. The van der Waals surface area contributed by atoms with Crippen LogP contribution >= 0.6 is 34.5 Å². The predicted molar refractivity (Wildman–Crippen MR) is 92.8 cm³/mol. The molecule has 0 saturated carbocycles. The molecular formula is C14H14Cl2N2O4S2. The van der Waals surface area contributed by atoms with E-state index < -0.39 is 22.5 Å². The van der Waals surface area contributed by atoms with Crippen LogP contribution in [0.3, 0.4) is 0 Å². The maximum absolute atomic E-state index is 12.9. The maximum Gasteiger partial charge on any atom is 0.321 e. The topological polar surface area (TPSA) is 76.6 Å². The van der Waals surface area contributed by atoms with Gasteiger partial charge in [-0.2, -0.15) is 4.31 Å². The number of ether oxygens (including phenoxy) is 1. The average Bonchev–Trinajstić information content (AvgIpc) is 2.87. The van der Waals surface area contributed by atoms with Gasteiger partial charge >= 0.3 is 5.97 Å². The van der Waals surface area contributed by atoms with Gasteiger partial charge in [0.15, 0.2) is 0 Å². The Bertz CT molecular complexity index is 809. The van der Waals surface area contributed by atoms with Gasteiger partial charge in [-0.3, -0.25) is 9.78 Å². The summed E-state index contributed by atoms with van der Waals surface area (Å²) in [6.45, 7) is 1.26. The van der Waals surface area contributed by atoms with Crippen LogP contribution in [0.2, 0.25) is 8.67 Å². The van der Waals surface area contributed by atoms with Crippen LogP contribution in [0, 0.1) is 0 Å². The highest BCUT2D eigenvalue weighted by molar-refractivity contribution is 7.89. The molecule has 0 saturated heterocycles. The van der Waals surface area contributed by atoms with E-state index >= 15 is 0 Å². The van der Waals surface area contributed by atoms with Gasteiger partial charge in [-0.15, -0.1) is 11.3 Å². The summed E-state index contributed by atoms with van der Waals surface area (Å²) in [5, 5.41) is 0. The number of hydrogen-bond acceptors (Lipinski definition) is 6. The number of hydrogen-bond donors (Lipinski definition) is 0. The number of nitrogens with zero attached hydrogens (tertiary/aromatic N) is 2. The smallest absolute Gasteiger partial charge is 0.321 e. The Labute approximate surface area is 154 Å². The molecule has 130 valence electrons. The standard InChI is InChI=1S/C14H14Cl2N2O4S2/c1-2-22-13(19)9-18(8-10-5-3-4-6-17-10)24(20,21)11-7-12(15)23-14(11)16/h3-7H,2,8-9H2,1H3. The summed E-state index contributed by atoms with van der Waals surface area (Å²) in [6.07, 6.45) is 1.54. The first-order valence-corrected chi connectivity index (χ1v) is 9.86. The van der Waals surface area contributed by atoms with Crippen LogP contribution in [-0.4, -0.2) is 36.8 Å². The molecule has 2 aromatic heterocycles. The SMILES string of the molecule is CCOC(=O)CN(Cc1ccccn1)S(=O)(=O)c1cc(Cl)sc1Cl. The molecule has 0 aliphatic rings. The van der Waals surface area contributed by atoms with Gasteiger partial charge in [0.2, 0.25) is 10.0 Å². The van der Waals surface area contributed by atoms with Crippen LogP contribution in [0.15, 0.2) is 35.4 Å². The minimum atomic E-state index is -4.04. The molecule has 0 N–H and O–H groups in total. The Hall–Kier alpha value is -1.19. The Kier molecular flexibility index (Phi) is 6.59. The van der Waals surface area contributed by atoms with E-state index in [-0.39, 0.29) is 26.7 Å². The second-order valence-electron chi connectivity index (χ2n) is 4.59. The highest BCUT2D eigenvalue weighted by atomic mass is 35.5. The lowest BCUT2D eigenvalue weighted by Gasteiger charge is -2.20. The number of carbonyl (C=O) groups excluding carboxylic acids is 1. The summed E-state index contributed by atoms with van der Waals surface area (Å²) in [6, 6.07) is 6.37. The fourth-order valence-corrected chi connectivity index (χ4v) is 5.36. The Morgan fingerprint density at radius 2 is 2.12 bits per heavy atom. The average molecular weight is 409 g/mol. The molecule has 0 amide bonds. The van der Waals surface area contributed by atoms with Crippen molar-refractivity contribution in [1.29, 1.82) is 0 Å². The van der Waals surface area contributed by atoms with Crippen molar-refractivity contribution in [3.8, 4) is 0 Å². The van der Waals surface area contributed by atoms with E-state index in [1.807, 2.05) is 0 Å².